The minimum Gasteiger partial charge on any atom is -0.467 e. The zero-order valence-corrected chi connectivity index (χ0v) is 26.9. The first-order chi connectivity index (χ1) is 23.3. The SMILES string of the molecule is NCC(O)C(=O)N[C@@H]1C[C@H](N)[C@@H](O[C@H]2OC(CNCCO)=CC[C@H]2N)[C@H](O[C@@H]2O[C@H](CO)[C@@H](O[C@H]3O[C@@H](CN)[C@@H](O)[C@H](O)[C@H]3N)[C@H]2O)[C@H]1O. The van der Waals surface area contributed by atoms with Crippen LogP contribution in [0.25, 0.3) is 0 Å². The summed E-state index contributed by atoms with van der Waals surface area (Å²) in [6.45, 7) is -0.741. The van der Waals surface area contributed by atoms with E-state index in [-0.39, 0.29) is 32.7 Å². The molecule has 0 bridgehead atoms. The Kier molecular flexibility index (Phi) is 14.9. The third kappa shape index (κ3) is 9.40. The molecule has 284 valence electrons. The van der Waals surface area contributed by atoms with E-state index in [0.29, 0.717) is 18.7 Å². The third-order valence-electron chi connectivity index (χ3n) is 9.02. The summed E-state index contributed by atoms with van der Waals surface area (Å²) >= 11 is 0. The van der Waals surface area contributed by atoms with Crippen molar-refractivity contribution < 1.29 is 69.0 Å². The van der Waals surface area contributed by atoms with Crippen LogP contribution in [-0.2, 0) is 33.2 Å². The standard InChI is InChI=1S/C28H53N7O14/c29-6-14(38)25(43)35-13-5-12(32)22(47-26-11(31)2-1-10(44-26)8-34-3-4-36)24(18(13)39)49-28-21(42)23(16(9-37)46-28)48-27-17(33)20(41)19(40)15(7-30)45-27/h1,11-24,26-28,34,36-42H,2-9,29-33H2,(H,35,43)/t11-,12+,13-,14?,15+,16-,17-,18+,19-,20-,21-,22-,23-,24-,26-,27-,28+/m1/s1. The quantitative estimate of drug-likeness (QED) is 0.0701. The van der Waals surface area contributed by atoms with Gasteiger partial charge in [0.25, 0.3) is 0 Å². The fourth-order valence-corrected chi connectivity index (χ4v) is 6.16. The largest absolute Gasteiger partial charge is 0.467 e. The lowest BCUT2D eigenvalue weighted by atomic mass is 9.83. The highest BCUT2D eigenvalue weighted by molar-refractivity contribution is 5.81. The molecule has 49 heavy (non-hydrogen) atoms. The van der Waals surface area contributed by atoms with Crippen LogP contribution in [0.15, 0.2) is 11.8 Å². The van der Waals surface area contributed by atoms with Gasteiger partial charge in [-0.1, -0.05) is 0 Å². The van der Waals surface area contributed by atoms with Crippen LogP contribution in [0.4, 0.5) is 0 Å². The smallest absolute Gasteiger partial charge is 0.250 e. The van der Waals surface area contributed by atoms with E-state index in [4.69, 9.17) is 62.2 Å². The number of hydrogen-bond donors (Lipinski definition) is 14. The summed E-state index contributed by atoms with van der Waals surface area (Å²) in [5, 5.41) is 78.1. The number of nitrogens with two attached hydrogens (primary N) is 5. The maximum absolute atomic E-state index is 12.5. The molecule has 19 N–H and O–H groups in total. The number of carbonyl (C=O) groups is 1. The number of rotatable bonds is 15. The van der Waals surface area contributed by atoms with E-state index in [1.807, 2.05) is 0 Å². The molecule has 4 aliphatic rings. The normalized spacial score (nSPS) is 43.5. The second kappa shape index (κ2) is 18.2. The molecule has 4 rings (SSSR count). The summed E-state index contributed by atoms with van der Waals surface area (Å²) in [4.78, 5) is 12.5. The molecule has 0 aromatic carbocycles. The molecule has 0 spiro atoms. The number of hydrogen-bond acceptors (Lipinski definition) is 20. The Morgan fingerprint density at radius 2 is 1.55 bits per heavy atom. The lowest BCUT2D eigenvalue weighted by molar-refractivity contribution is -0.282. The van der Waals surface area contributed by atoms with Crippen LogP contribution in [0.5, 0.6) is 0 Å². The summed E-state index contributed by atoms with van der Waals surface area (Å²) in [5.74, 6) is -0.376. The van der Waals surface area contributed by atoms with Crippen molar-refractivity contribution in [2.75, 3.05) is 39.4 Å². The minimum atomic E-state index is -1.66. The molecule has 3 heterocycles. The van der Waals surface area contributed by atoms with Crippen molar-refractivity contribution in [2.45, 2.75) is 117 Å². The fourth-order valence-electron chi connectivity index (χ4n) is 6.16. The van der Waals surface area contributed by atoms with Gasteiger partial charge in [-0.05, 0) is 18.9 Å². The van der Waals surface area contributed by atoms with Crippen LogP contribution in [0.3, 0.4) is 0 Å². The zero-order valence-electron chi connectivity index (χ0n) is 26.9. The van der Waals surface area contributed by atoms with Crippen LogP contribution in [-0.4, -0.2) is 185 Å². The molecule has 1 unspecified atom stereocenters. The van der Waals surface area contributed by atoms with Gasteiger partial charge in [0, 0.05) is 25.7 Å². The molecule has 1 aliphatic carbocycles. The number of aliphatic hydroxyl groups excluding tert-OH is 7. The van der Waals surface area contributed by atoms with Crippen LogP contribution in [0.2, 0.25) is 0 Å². The number of aliphatic hydroxyl groups is 7. The Balaban J connectivity index is 1.54. The van der Waals surface area contributed by atoms with Crippen LogP contribution >= 0.6 is 0 Å². The average molecular weight is 712 g/mol. The van der Waals surface area contributed by atoms with Crippen molar-refractivity contribution in [1.82, 2.24) is 10.6 Å². The van der Waals surface area contributed by atoms with E-state index in [0.717, 1.165) is 0 Å². The van der Waals surface area contributed by atoms with Gasteiger partial charge in [0.2, 0.25) is 12.2 Å². The monoisotopic (exact) mass is 711 g/mol. The van der Waals surface area contributed by atoms with E-state index < -0.39 is 117 Å². The number of nitrogens with one attached hydrogen (secondary N) is 2. The first-order valence-electron chi connectivity index (χ1n) is 16.3. The Labute approximate surface area is 282 Å². The Hall–Kier alpha value is -1.71. The first-order valence-corrected chi connectivity index (χ1v) is 16.3. The molecule has 0 aromatic heterocycles. The molecule has 3 fully saturated rings. The maximum atomic E-state index is 12.5. The molecule has 3 aliphatic heterocycles. The zero-order chi connectivity index (χ0) is 36.0. The van der Waals surface area contributed by atoms with Gasteiger partial charge < -0.3 is 103 Å². The van der Waals surface area contributed by atoms with Gasteiger partial charge in [-0.3, -0.25) is 4.79 Å². The van der Waals surface area contributed by atoms with E-state index >= 15 is 0 Å². The summed E-state index contributed by atoms with van der Waals surface area (Å²) in [5.41, 5.74) is 29.9. The van der Waals surface area contributed by atoms with Crippen molar-refractivity contribution in [3.8, 4) is 0 Å². The lowest BCUT2D eigenvalue weighted by Gasteiger charge is -2.46. The van der Waals surface area contributed by atoms with Gasteiger partial charge in [-0.15, -0.1) is 0 Å². The fraction of sp³-hybridized carbons (Fsp3) is 0.893. The molecular weight excluding hydrogens is 658 g/mol. The molecule has 1 saturated carbocycles. The molecule has 0 aromatic rings. The average Bonchev–Trinajstić information content (AvgIpc) is 3.38. The van der Waals surface area contributed by atoms with Gasteiger partial charge in [0.05, 0.1) is 37.9 Å². The van der Waals surface area contributed by atoms with Crippen molar-refractivity contribution >= 4 is 5.91 Å². The summed E-state index contributed by atoms with van der Waals surface area (Å²) in [6.07, 6.45) is -15.9. The van der Waals surface area contributed by atoms with Gasteiger partial charge in [0.1, 0.15) is 66.8 Å². The molecule has 21 heteroatoms. The van der Waals surface area contributed by atoms with Gasteiger partial charge >= 0.3 is 0 Å². The number of amides is 1. The minimum absolute atomic E-state index is 0.0517. The van der Waals surface area contributed by atoms with Crippen molar-refractivity contribution in [1.29, 1.82) is 0 Å². The molecular formula is C28H53N7O14. The van der Waals surface area contributed by atoms with Gasteiger partial charge in [-0.2, -0.15) is 0 Å². The van der Waals surface area contributed by atoms with Gasteiger partial charge in [-0.25, -0.2) is 0 Å². The second-order valence-corrected chi connectivity index (χ2v) is 12.6. The van der Waals surface area contributed by atoms with Crippen molar-refractivity contribution in [3.05, 3.63) is 11.8 Å². The van der Waals surface area contributed by atoms with E-state index in [1.54, 1.807) is 6.08 Å². The van der Waals surface area contributed by atoms with E-state index in [9.17, 15) is 35.4 Å². The molecule has 1 amide bonds. The van der Waals surface area contributed by atoms with E-state index in [1.165, 1.54) is 0 Å². The van der Waals surface area contributed by atoms with E-state index in [2.05, 4.69) is 10.6 Å². The highest BCUT2D eigenvalue weighted by Crippen LogP contribution is 2.34. The first kappa shape index (κ1) is 40.1. The molecule has 21 nitrogen and oxygen atoms in total. The third-order valence-corrected chi connectivity index (χ3v) is 9.02. The van der Waals surface area contributed by atoms with Crippen LogP contribution < -0.4 is 39.3 Å². The van der Waals surface area contributed by atoms with Crippen molar-refractivity contribution in [2.24, 2.45) is 28.7 Å². The van der Waals surface area contributed by atoms with Crippen LogP contribution in [0, 0.1) is 0 Å². The summed E-state index contributed by atoms with van der Waals surface area (Å²) < 4.78 is 35.5. The second-order valence-electron chi connectivity index (χ2n) is 12.6. The molecule has 17 atom stereocenters. The van der Waals surface area contributed by atoms with Crippen LogP contribution in [0.1, 0.15) is 12.8 Å². The number of ether oxygens (including phenoxy) is 6. The number of carbonyl (C=O) groups excluding carboxylic acids is 1. The predicted molar refractivity (Wildman–Crippen MR) is 165 cm³/mol. The molecule has 0 radical (unpaired) electrons. The maximum Gasteiger partial charge on any atom is 0.250 e. The molecule has 2 saturated heterocycles. The highest BCUT2D eigenvalue weighted by Gasteiger charge is 2.54. The lowest BCUT2D eigenvalue weighted by Crippen LogP contribution is -2.67. The predicted octanol–water partition coefficient (Wildman–Crippen LogP) is -8.61. The highest BCUT2D eigenvalue weighted by atomic mass is 16.8. The summed E-state index contributed by atoms with van der Waals surface area (Å²) in [7, 11) is 0. The Bertz CT molecular complexity index is 1080. The Morgan fingerprint density at radius 3 is 2.20 bits per heavy atom. The Morgan fingerprint density at radius 1 is 0.878 bits per heavy atom. The van der Waals surface area contributed by atoms with Gasteiger partial charge in [0.15, 0.2) is 12.6 Å². The summed E-state index contributed by atoms with van der Waals surface area (Å²) in [6, 6.07) is -3.97. The van der Waals surface area contributed by atoms with Crippen molar-refractivity contribution in [3.63, 3.8) is 0 Å². The topological polar surface area (TPSA) is 368 Å².